The molecule has 0 saturated carbocycles. The molecule has 18 heavy (non-hydrogen) atoms. The summed E-state index contributed by atoms with van der Waals surface area (Å²) in [7, 11) is 0. The van der Waals surface area contributed by atoms with E-state index in [0.29, 0.717) is 5.56 Å². The van der Waals surface area contributed by atoms with Crippen molar-refractivity contribution >= 4 is 0 Å². The van der Waals surface area contributed by atoms with Crippen molar-refractivity contribution in [2.24, 2.45) is 5.73 Å². The molecule has 0 spiro atoms. The van der Waals surface area contributed by atoms with Gasteiger partial charge < -0.3 is 5.73 Å². The lowest BCUT2D eigenvalue weighted by molar-refractivity contribution is -0.151. The van der Waals surface area contributed by atoms with Gasteiger partial charge in [-0.2, -0.15) is 13.2 Å². The fraction of sp³-hybridized carbons (Fsp3) is 0.538. The Bertz CT molecular complexity index is 423. The summed E-state index contributed by atoms with van der Waals surface area (Å²) in [5, 5.41) is 0. The fourth-order valence-electron chi connectivity index (χ4n) is 2.10. The van der Waals surface area contributed by atoms with E-state index >= 15 is 0 Å². The maximum absolute atomic E-state index is 13.2. The largest absolute Gasteiger partial charge is 0.403 e. The molecular formula is C13H17F4N. The number of benzene rings is 1. The van der Waals surface area contributed by atoms with Crippen molar-refractivity contribution in [2.75, 3.05) is 0 Å². The molecule has 0 bridgehead atoms. The van der Waals surface area contributed by atoms with Gasteiger partial charge in [0.15, 0.2) is 0 Å². The molecule has 1 atom stereocenters. The topological polar surface area (TPSA) is 26.0 Å². The Labute approximate surface area is 104 Å². The van der Waals surface area contributed by atoms with Crippen LogP contribution in [-0.4, -0.2) is 12.2 Å². The van der Waals surface area contributed by atoms with Gasteiger partial charge in [0.1, 0.15) is 11.9 Å². The molecule has 0 aliphatic carbocycles. The molecule has 0 aliphatic heterocycles. The molecule has 1 rings (SSSR count). The Balaban J connectivity index is 3.02. The summed E-state index contributed by atoms with van der Waals surface area (Å²) in [6, 6.07) is 2.22. The van der Waals surface area contributed by atoms with Crippen molar-refractivity contribution in [3.05, 3.63) is 35.1 Å². The van der Waals surface area contributed by atoms with Gasteiger partial charge in [0.05, 0.1) is 0 Å². The van der Waals surface area contributed by atoms with Crippen LogP contribution in [0.4, 0.5) is 17.6 Å². The molecule has 1 unspecified atom stereocenters. The van der Waals surface area contributed by atoms with E-state index in [-0.39, 0.29) is 6.42 Å². The number of hydrogen-bond acceptors (Lipinski definition) is 1. The second-order valence-electron chi connectivity index (χ2n) is 5.20. The first-order valence-corrected chi connectivity index (χ1v) is 5.63. The van der Waals surface area contributed by atoms with Crippen LogP contribution in [0.1, 0.15) is 31.4 Å². The molecule has 1 aromatic carbocycles. The second-order valence-corrected chi connectivity index (χ2v) is 5.20. The van der Waals surface area contributed by atoms with Gasteiger partial charge in [0, 0.05) is 0 Å². The number of hydrogen-bond donors (Lipinski definition) is 1. The summed E-state index contributed by atoms with van der Waals surface area (Å²) < 4.78 is 50.6. The van der Waals surface area contributed by atoms with Gasteiger partial charge in [-0.05, 0) is 42.0 Å². The van der Waals surface area contributed by atoms with Crippen LogP contribution in [0.3, 0.4) is 0 Å². The van der Waals surface area contributed by atoms with E-state index in [4.69, 9.17) is 5.73 Å². The maximum Gasteiger partial charge on any atom is 0.403 e. The Kier molecular flexibility index (Phi) is 4.05. The zero-order valence-electron chi connectivity index (χ0n) is 10.6. The predicted molar refractivity (Wildman–Crippen MR) is 62.8 cm³/mol. The number of nitrogens with two attached hydrogens (primary N) is 1. The first-order valence-electron chi connectivity index (χ1n) is 5.63. The van der Waals surface area contributed by atoms with Crippen LogP contribution in [0.5, 0.6) is 0 Å². The van der Waals surface area contributed by atoms with E-state index in [2.05, 4.69) is 0 Å². The van der Waals surface area contributed by atoms with E-state index < -0.39 is 23.5 Å². The van der Waals surface area contributed by atoms with Gasteiger partial charge in [-0.1, -0.05) is 19.9 Å². The summed E-state index contributed by atoms with van der Waals surface area (Å²) in [6.07, 6.45) is -4.71. The lowest BCUT2D eigenvalue weighted by Crippen LogP contribution is -2.42. The highest BCUT2D eigenvalue weighted by atomic mass is 19.4. The number of halogens is 4. The van der Waals surface area contributed by atoms with Gasteiger partial charge in [-0.15, -0.1) is 0 Å². The van der Waals surface area contributed by atoms with Gasteiger partial charge >= 0.3 is 6.18 Å². The Morgan fingerprint density at radius 2 is 1.78 bits per heavy atom. The molecule has 1 aromatic rings. The third-order valence-corrected chi connectivity index (χ3v) is 3.08. The van der Waals surface area contributed by atoms with Crippen molar-refractivity contribution in [3.63, 3.8) is 0 Å². The number of aryl methyl sites for hydroxylation is 1. The summed E-state index contributed by atoms with van der Waals surface area (Å²) in [5.74, 6) is -0.454. The average molecular weight is 263 g/mol. The zero-order valence-corrected chi connectivity index (χ0v) is 10.6. The third kappa shape index (κ3) is 3.45. The van der Waals surface area contributed by atoms with Gasteiger partial charge in [0.2, 0.25) is 0 Å². The highest BCUT2D eigenvalue weighted by Crippen LogP contribution is 2.34. The molecule has 0 aliphatic rings. The highest BCUT2D eigenvalue weighted by molar-refractivity contribution is 5.33. The Morgan fingerprint density at radius 1 is 1.22 bits per heavy atom. The van der Waals surface area contributed by atoms with Crippen LogP contribution in [0.2, 0.25) is 0 Å². The van der Waals surface area contributed by atoms with Gasteiger partial charge in [0.25, 0.3) is 0 Å². The zero-order chi connectivity index (χ0) is 14.1. The lowest BCUT2D eigenvalue weighted by Gasteiger charge is -2.31. The molecule has 0 saturated heterocycles. The average Bonchev–Trinajstić information content (AvgIpc) is 2.19. The van der Waals surface area contributed by atoms with E-state index in [1.54, 1.807) is 26.8 Å². The fourth-order valence-corrected chi connectivity index (χ4v) is 2.10. The van der Waals surface area contributed by atoms with Crippen molar-refractivity contribution in [3.8, 4) is 0 Å². The molecule has 0 fully saturated rings. The summed E-state index contributed by atoms with van der Waals surface area (Å²) in [4.78, 5) is 0. The molecule has 102 valence electrons. The monoisotopic (exact) mass is 263 g/mol. The van der Waals surface area contributed by atoms with Gasteiger partial charge in [-0.3, -0.25) is 0 Å². The number of rotatable bonds is 3. The molecule has 5 heteroatoms. The van der Waals surface area contributed by atoms with Crippen molar-refractivity contribution < 1.29 is 17.6 Å². The van der Waals surface area contributed by atoms with Crippen LogP contribution in [-0.2, 0) is 5.41 Å². The van der Waals surface area contributed by atoms with Crippen LogP contribution in [0, 0.1) is 12.7 Å². The normalized spacial score (nSPS) is 14.7. The minimum absolute atomic E-state index is 0.277. The molecule has 0 radical (unpaired) electrons. The Morgan fingerprint density at radius 3 is 2.28 bits per heavy atom. The van der Waals surface area contributed by atoms with Crippen LogP contribution in [0.15, 0.2) is 18.2 Å². The molecule has 0 aromatic heterocycles. The molecule has 2 N–H and O–H groups in total. The van der Waals surface area contributed by atoms with Gasteiger partial charge in [-0.25, -0.2) is 4.39 Å². The predicted octanol–water partition coefficient (Wildman–Crippen LogP) is 3.69. The number of alkyl halides is 3. The van der Waals surface area contributed by atoms with Crippen LogP contribution in [0.25, 0.3) is 0 Å². The first kappa shape index (κ1) is 15.0. The minimum atomic E-state index is -4.43. The maximum atomic E-state index is 13.2. The molecule has 1 nitrogen and oxygen atoms in total. The molecular weight excluding hydrogens is 246 g/mol. The van der Waals surface area contributed by atoms with E-state index in [9.17, 15) is 17.6 Å². The highest BCUT2D eigenvalue weighted by Gasteiger charge is 2.40. The molecule has 0 amide bonds. The smallest absolute Gasteiger partial charge is 0.320 e. The minimum Gasteiger partial charge on any atom is -0.320 e. The summed E-state index contributed by atoms with van der Waals surface area (Å²) in [5.41, 5.74) is 5.63. The Hall–Kier alpha value is -1.10. The van der Waals surface area contributed by atoms with E-state index in [1.807, 2.05) is 0 Å². The third-order valence-electron chi connectivity index (χ3n) is 3.08. The van der Waals surface area contributed by atoms with Crippen LogP contribution >= 0.6 is 0 Å². The molecule has 0 heterocycles. The van der Waals surface area contributed by atoms with Crippen LogP contribution < -0.4 is 5.73 Å². The SMILES string of the molecule is Cc1ccc(F)cc1C(C)(C)CC(N)C(F)(F)F. The van der Waals surface area contributed by atoms with Crippen molar-refractivity contribution in [1.82, 2.24) is 0 Å². The van der Waals surface area contributed by atoms with Crippen molar-refractivity contribution in [1.29, 1.82) is 0 Å². The first-order chi connectivity index (χ1) is 8.04. The lowest BCUT2D eigenvalue weighted by atomic mass is 9.77. The summed E-state index contributed by atoms with van der Waals surface area (Å²) >= 11 is 0. The standard InChI is InChI=1S/C13H17F4N/c1-8-4-5-9(14)6-10(8)12(2,3)7-11(18)13(15,16)17/h4-6,11H,7,18H2,1-3H3. The summed E-state index contributed by atoms with van der Waals surface area (Å²) in [6.45, 7) is 5.02. The van der Waals surface area contributed by atoms with E-state index in [1.165, 1.54) is 12.1 Å². The quantitative estimate of drug-likeness (QED) is 0.827. The van der Waals surface area contributed by atoms with Crippen molar-refractivity contribution in [2.45, 2.75) is 44.8 Å². The second kappa shape index (κ2) is 4.88. The van der Waals surface area contributed by atoms with E-state index in [0.717, 1.165) is 5.56 Å².